The number of carbonyl (C=O) groups excluding carboxylic acids is 1. The maximum atomic E-state index is 12.6. The molecule has 0 saturated heterocycles. The van der Waals surface area contributed by atoms with Crippen molar-refractivity contribution in [3.63, 3.8) is 0 Å². The Balaban J connectivity index is 1.73. The highest BCUT2D eigenvalue weighted by atomic mass is 16.5. The lowest BCUT2D eigenvalue weighted by Gasteiger charge is -2.24. The van der Waals surface area contributed by atoms with Crippen molar-refractivity contribution in [3.05, 3.63) is 65.2 Å². The number of rotatable bonds is 5. The van der Waals surface area contributed by atoms with Gasteiger partial charge in [-0.25, -0.2) is 0 Å². The van der Waals surface area contributed by atoms with E-state index in [0.29, 0.717) is 11.5 Å². The largest absolute Gasteiger partial charge is 0.493 e. The number of fused-ring (bicyclic) bond motifs is 1. The second kappa shape index (κ2) is 7.43. The number of amides is 1. The molecule has 1 aliphatic carbocycles. The van der Waals surface area contributed by atoms with Gasteiger partial charge in [0.15, 0.2) is 11.5 Å². The molecule has 0 radical (unpaired) electrons. The SMILES string of the molecule is COc1ccc(/C=C/C(=O)N(C)C2CCc3ccccc32)cc1OC. The van der Waals surface area contributed by atoms with Crippen molar-refractivity contribution >= 4 is 12.0 Å². The standard InChI is InChI=1S/C21H23NO3/c1-22(18-11-10-16-6-4-5-7-17(16)18)21(23)13-9-15-8-12-19(24-2)20(14-15)25-3/h4-9,12-14,18H,10-11H2,1-3H3/b13-9+. The third-order valence-electron chi connectivity index (χ3n) is 4.74. The first kappa shape index (κ1) is 17.1. The monoisotopic (exact) mass is 337 g/mol. The maximum Gasteiger partial charge on any atom is 0.246 e. The summed E-state index contributed by atoms with van der Waals surface area (Å²) in [5.74, 6) is 1.32. The number of hydrogen-bond donors (Lipinski definition) is 0. The molecular formula is C21H23NO3. The highest BCUT2D eigenvalue weighted by molar-refractivity contribution is 5.92. The summed E-state index contributed by atoms with van der Waals surface area (Å²) >= 11 is 0. The zero-order valence-corrected chi connectivity index (χ0v) is 14.9. The van der Waals surface area contributed by atoms with E-state index in [1.165, 1.54) is 11.1 Å². The van der Waals surface area contributed by atoms with Gasteiger partial charge in [-0.1, -0.05) is 30.3 Å². The molecule has 2 aromatic carbocycles. The van der Waals surface area contributed by atoms with Crippen LogP contribution in [0.5, 0.6) is 11.5 Å². The molecule has 0 saturated carbocycles. The number of carbonyl (C=O) groups is 1. The summed E-state index contributed by atoms with van der Waals surface area (Å²) in [7, 11) is 5.07. The smallest absolute Gasteiger partial charge is 0.246 e. The molecule has 3 rings (SSSR count). The Morgan fingerprint density at radius 2 is 1.88 bits per heavy atom. The van der Waals surface area contributed by atoms with E-state index >= 15 is 0 Å². The Morgan fingerprint density at radius 3 is 2.64 bits per heavy atom. The van der Waals surface area contributed by atoms with Crippen molar-refractivity contribution in [1.82, 2.24) is 4.90 Å². The summed E-state index contributed by atoms with van der Waals surface area (Å²) in [6.45, 7) is 0. The number of aryl methyl sites for hydroxylation is 1. The Kier molecular flexibility index (Phi) is 5.08. The van der Waals surface area contributed by atoms with Gasteiger partial charge in [-0.3, -0.25) is 4.79 Å². The normalized spacial score (nSPS) is 15.9. The summed E-state index contributed by atoms with van der Waals surface area (Å²) in [5.41, 5.74) is 3.50. The molecule has 4 nitrogen and oxygen atoms in total. The number of benzene rings is 2. The molecule has 0 bridgehead atoms. The number of likely N-dealkylation sites (N-methyl/N-ethyl adjacent to an activating group) is 1. The molecule has 0 aliphatic heterocycles. The topological polar surface area (TPSA) is 38.8 Å². The minimum Gasteiger partial charge on any atom is -0.493 e. The predicted molar refractivity (Wildman–Crippen MR) is 98.9 cm³/mol. The van der Waals surface area contributed by atoms with Crippen molar-refractivity contribution in [2.45, 2.75) is 18.9 Å². The molecule has 0 aromatic heterocycles. The lowest BCUT2D eigenvalue weighted by Crippen LogP contribution is -2.28. The first-order valence-electron chi connectivity index (χ1n) is 8.38. The summed E-state index contributed by atoms with van der Waals surface area (Å²) in [6, 6.07) is 14.1. The summed E-state index contributed by atoms with van der Waals surface area (Å²) in [6.07, 6.45) is 5.42. The number of hydrogen-bond acceptors (Lipinski definition) is 3. The van der Waals surface area contributed by atoms with Crippen molar-refractivity contribution < 1.29 is 14.3 Å². The van der Waals surface area contributed by atoms with Crippen molar-refractivity contribution in [1.29, 1.82) is 0 Å². The van der Waals surface area contributed by atoms with Crippen LogP contribution < -0.4 is 9.47 Å². The van der Waals surface area contributed by atoms with E-state index in [-0.39, 0.29) is 11.9 Å². The molecule has 0 fully saturated rings. The fourth-order valence-corrected chi connectivity index (χ4v) is 3.33. The van der Waals surface area contributed by atoms with Crippen LogP contribution in [0.2, 0.25) is 0 Å². The molecule has 4 heteroatoms. The first-order valence-corrected chi connectivity index (χ1v) is 8.38. The van der Waals surface area contributed by atoms with E-state index in [4.69, 9.17) is 9.47 Å². The third kappa shape index (κ3) is 3.53. The Morgan fingerprint density at radius 1 is 1.12 bits per heavy atom. The van der Waals surface area contributed by atoms with Gasteiger partial charge in [0.1, 0.15) is 0 Å². The van der Waals surface area contributed by atoms with Crippen LogP contribution >= 0.6 is 0 Å². The summed E-state index contributed by atoms with van der Waals surface area (Å²) < 4.78 is 10.5. The van der Waals surface area contributed by atoms with E-state index in [2.05, 4.69) is 18.2 Å². The van der Waals surface area contributed by atoms with Crippen LogP contribution in [0.25, 0.3) is 6.08 Å². The molecule has 1 aliphatic rings. The van der Waals surface area contributed by atoms with Crippen LogP contribution in [0.3, 0.4) is 0 Å². The average Bonchev–Trinajstić information content (AvgIpc) is 3.09. The molecule has 1 unspecified atom stereocenters. The van der Waals surface area contributed by atoms with Crippen molar-refractivity contribution in [2.75, 3.05) is 21.3 Å². The molecule has 0 heterocycles. The van der Waals surface area contributed by atoms with Gasteiger partial charge in [0, 0.05) is 13.1 Å². The van der Waals surface area contributed by atoms with E-state index in [9.17, 15) is 4.79 Å². The quantitative estimate of drug-likeness (QED) is 0.778. The third-order valence-corrected chi connectivity index (χ3v) is 4.74. The molecule has 2 aromatic rings. The highest BCUT2D eigenvalue weighted by Crippen LogP contribution is 2.35. The molecular weight excluding hydrogens is 314 g/mol. The van der Waals surface area contributed by atoms with E-state index in [1.807, 2.05) is 42.3 Å². The Hall–Kier alpha value is -2.75. The van der Waals surface area contributed by atoms with Crippen molar-refractivity contribution in [2.24, 2.45) is 0 Å². The van der Waals surface area contributed by atoms with Gasteiger partial charge in [0.25, 0.3) is 0 Å². The average molecular weight is 337 g/mol. The molecule has 1 atom stereocenters. The second-order valence-electron chi connectivity index (χ2n) is 6.15. The number of ether oxygens (including phenoxy) is 2. The van der Waals surface area contributed by atoms with Gasteiger partial charge in [-0.15, -0.1) is 0 Å². The highest BCUT2D eigenvalue weighted by Gasteiger charge is 2.27. The molecule has 0 spiro atoms. The Bertz CT molecular complexity index is 797. The van der Waals surface area contributed by atoms with E-state index in [0.717, 1.165) is 18.4 Å². The number of methoxy groups -OCH3 is 2. The van der Waals surface area contributed by atoms with Gasteiger partial charge < -0.3 is 14.4 Å². The maximum absolute atomic E-state index is 12.6. The zero-order chi connectivity index (χ0) is 17.8. The van der Waals surface area contributed by atoms with Crippen LogP contribution in [0.1, 0.15) is 29.2 Å². The molecule has 130 valence electrons. The van der Waals surface area contributed by atoms with Gasteiger partial charge in [-0.2, -0.15) is 0 Å². The number of nitrogens with zero attached hydrogens (tertiary/aromatic N) is 1. The Labute approximate surface area is 148 Å². The molecule has 0 N–H and O–H groups in total. The lowest BCUT2D eigenvalue weighted by atomic mass is 10.1. The van der Waals surface area contributed by atoms with Crippen LogP contribution in [-0.2, 0) is 11.2 Å². The molecule has 25 heavy (non-hydrogen) atoms. The van der Waals surface area contributed by atoms with E-state index < -0.39 is 0 Å². The minimum atomic E-state index is -0.00325. The van der Waals surface area contributed by atoms with Crippen LogP contribution in [0.4, 0.5) is 0 Å². The summed E-state index contributed by atoms with van der Waals surface area (Å²) in [4.78, 5) is 14.4. The van der Waals surface area contributed by atoms with Gasteiger partial charge in [0.2, 0.25) is 5.91 Å². The van der Waals surface area contributed by atoms with Crippen LogP contribution in [-0.4, -0.2) is 32.1 Å². The predicted octanol–water partition coefficient (Wildman–Crippen LogP) is 3.86. The minimum absolute atomic E-state index is 0.00325. The van der Waals surface area contributed by atoms with Crippen LogP contribution in [0, 0.1) is 0 Å². The first-order chi connectivity index (χ1) is 12.1. The fourth-order valence-electron chi connectivity index (χ4n) is 3.33. The van der Waals surface area contributed by atoms with E-state index in [1.54, 1.807) is 20.3 Å². The van der Waals surface area contributed by atoms with Gasteiger partial charge in [-0.05, 0) is 47.7 Å². The zero-order valence-electron chi connectivity index (χ0n) is 14.9. The van der Waals surface area contributed by atoms with Crippen LogP contribution in [0.15, 0.2) is 48.5 Å². The van der Waals surface area contributed by atoms with Gasteiger partial charge >= 0.3 is 0 Å². The fraction of sp³-hybridized carbons (Fsp3) is 0.286. The molecule has 1 amide bonds. The summed E-state index contributed by atoms with van der Waals surface area (Å²) in [5, 5.41) is 0. The lowest BCUT2D eigenvalue weighted by molar-refractivity contribution is -0.126. The van der Waals surface area contributed by atoms with Crippen molar-refractivity contribution in [3.8, 4) is 11.5 Å². The van der Waals surface area contributed by atoms with Gasteiger partial charge in [0.05, 0.1) is 20.3 Å². The second-order valence-corrected chi connectivity index (χ2v) is 6.15.